The van der Waals surface area contributed by atoms with Crippen molar-refractivity contribution in [3.05, 3.63) is 40.5 Å². The van der Waals surface area contributed by atoms with Gasteiger partial charge < -0.3 is 10.2 Å². The van der Waals surface area contributed by atoms with Gasteiger partial charge in [-0.05, 0) is 47.5 Å². The van der Waals surface area contributed by atoms with Gasteiger partial charge in [0.2, 0.25) is 5.95 Å². The molecule has 0 saturated heterocycles. The van der Waals surface area contributed by atoms with Crippen LogP contribution in [-0.4, -0.2) is 23.6 Å². The number of benzene rings is 1. The second-order valence-corrected chi connectivity index (χ2v) is 5.15. The molecule has 1 heterocycles. The summed E-state index contributed by atoms with van der Waals surface area (Å²) in [6.45, 7) is 4.90. The Morgan fingerprint density at radius 1 is 1.37 bits per heavy atom. The monoisotopic (exact) mass is 320 g/mol. The lowest BCUT2D eigenvalue weighted by Crippen LogP contribution is -2.14. The smallest absolute Gasteiger partial charge is 0.224 e. The summed E-state index contributed by atoms with van der Waals surface area (Å²) in [7, 11) is 2.00. The van der Waals surface area contributed by atoms with Crippen molar-refractivity contribution in [3.63, 3.8) is 0 Å². The van der Waals surface area contributed by atoms with E-state index in [1.54, 1.807) is 6.20 Å². The highest BCUT2D eigenvalue weighted by molar-refractivity contribution is 9.10. The molecule has 0 aliphatic heterocycles. The van der Waals surface area contributed by atoms with Gasteiger partial charge in [-0.25, -0.2) is 4.98 Å². The molecular formula is C14H17BrN4. The molecule has 0 amide bonds. The summed E-state index contributed by atoms with van der Waals surface area (Å²) < 4.78 is 0.873. The highest BCUT2D eigenvalue weighted by Gasteiger charge is 2.11. The molecule has 4 nitrogen and oxygen atoms in total. The van der Waals surface area contributed by atoms with Gasteiger partial charge in [-0.3, -0.25) is 0 Å². The van der Waals surface area contributed by atoms with Crippen molar-refractivity contribution in [3.8, 4) is 0 Å². The Bertz CT molecular complexity index is 571. The fourth-order valence-corrected chi connectivity index (χ4v) is 2.25. The SMILES string of the molecule is CCNc1ncc(Br)c(N(C)c2cccc(C)c2)n1. The van der Waals surface area contributed by atoms with Crippen molar-refractivity contribution < 1.29 is 0 Å². The number of hydrogen-bond donors (Lipinski definition) is 1. The van der Waals surface area contributed by atoms with E-state index in [1.165, 1.54) is 5.56 Å². The first-order valence-electron chi connectivity index (χ1n) is 6.18. The lowest BCUT2D eigenvalue weighted by molar-refractivity contribution is 1.04. The van der Waals surface area contributed by atoms with E-state index in [0.717, 1.165) is 22.5 Å². The molecule has 0 spiro atoms. The molecule has 2 aromatic rings. The Morgan fingerprint density at radius 3 is 2.84 bits per heavy atom. The van der Waals surface area contributed by atoms with Gasteiger partial charge in [-0.2, -0.15) is 4.98 Å². The number of rotatable bonds is 4. The van der Waals surface area contributed by atoms with Crippen LogP contribution >= 0.6 is 15.9 Å². The second kappa shape index (κ2) is 6.02. The van der Waals surface area contributed by atoms with Crippen LogP contribution < -0.4 is 10.2 Å². The molecule has 1 aromatic carbocycles. The molecule has 0 radical (unpaired) electrons. The van der Waals surface area contributed by atoms with E-state index >= 15 is 0 Å². The molecule has 0 saturated carbocycles. The minimum Gasteiger partial charge on any atom is -0.354 e. The van der Waals surface area contributed by atoms with E-state index in [2.05, 4.69) is 56.3 Å². The molecule has 1 aromatic heterocycles. The maximum Gasteiger partial charge on any atom is 0.224 e. The Labute approximate surface area is 122 Å². The Balaban J connectivity index is 2.37. The van der Waals surface area contributed by atoms with E-state index in [-0.39, 0.29) is 0 Å². The number of aryl methyl sites for hydroxylation is 1. The number of nitrogens with zero attached hydrogens (tertiary/aromatic N) is 3. The molecule has 0 atom stereocenters. The number of aromatic nitrogens is 2. The van der Waals surface area contributed by atoms with Gasteiger partial charge in [-0.1, -0.05) is 12.1 Å². The second-order valence-electron chi connectivity index (χ2n) is 4.29. The highest BCUT2D eigenvalue weighted by atomic mass is 79.9. The Morgan fingerprint density at radius 2 is 2.16 bits per heavy atom. The first-order chi connectivity index (χ1) is 9.11. The maximum atomic E-state index is 4.52. The van der Waals surface area contributed by atoms with Crippen molar-refractivity contribution in [2.24, 2.45) is 0 Å². The fourth-order valence-electron chi connectivity index (χ4n) is 1.80. The number of nitrogens with one attached hydrogen (secondary N) is 1. The summed E-state index contributed by atoms with van der Waals surface area (Å²) in [5.41, 5.74) is 2.32. The first kappa shape index (κ1) is 13.8. The van der Waals surface area contributed by atoms with Gasteiger partial charge in [0, 0.05) is 25.5 Å². The zero-order chi connectivity index (χ0) is 13.8. The molecule has 100 valence electrons. The largest absolute Gasteiger partial charge is 0.354 e. The summed E-state index contributed by atoms with van der Waals surface area (Å²) in [6.07, 6.45) is 1.77. The van der Waals surface area contributed by atoms with Gasteiger partial charge in [-0.15, -0.1) is 0 Å². The molecule has 0 bridgehead atoms. The summed E-state index contributed by atoms with van der Waals surface area (Å²) >= 11 is 3.50. The highest BCUT2D eigenvalue weighted by Crippen LogP contribution is 2.29. The van der Waals surface area contributed by atoms with E-state index in [0.29, 0.717) is 5.95 Å². The van der Waals surface area contributed by atoms with Crippen LogP contribution in [0.4, 0.5) is 17.5 Å². The van der Waals surface area contributed by atoms with Crippen molar-refractivity contribution in [2.45, 2.75) is 13.8 Å². The zero-order valence-electron chi connectivity index (χ0n) is 11.3. The van der Waals surface area contributed by atoms with Crippen LogP contribution in [-0.2, 0) is 0 Å². The van der Waals surface area contributed by atoms with Crippen LogP contribution in [0.25, 0.3) is 0 Å². The Kier molecular flexibility index (Phi) is 4.37. The molecule has 19 heavy (non-hydrogen) atoms. The summed E-state index contributed by atoms with van der Waals surface area (Å²) in [6, 6.07) is 8.31. The molecule has 0 fully saturated rings. The lowest BCUT2D eigenvalue weighted by atomic mass is 10.2. The first-order valence-corrected chi connectivity index (χ1v) is 6.98. The lowest BCUT2D eigenvalue weighted by Gasteiger charge is -2.20. The Hall–Kier alpha value is -1.62. The van der Waals surface area contributed by atoms with Gasteiger partial charge in [0.1, 0.15) is 0 Å². The third-order valence-corrected chi connectivity index (χ3v) is 3.33. The third kappa shape index (κ3) is 3.23. The van der Waals surface area contributed by atoms with Crippen molar-refractivity contribution in [1.29, 1.82) is 0 Å². The molecule has 2 rings (SSSR count). The quantitative estimate of drug-likeness (QED) is 0.931. The van der Waals surface area contributed by atoms with E-state index in [4.69, 9.17) is 0 Å². The number of hydrogen-bond acceptors (Lipinski definition) is 4. The van der Waals surface area contributed by atoms with Crippen LogP contribution in [0.2, 0.25) is 0 Å². The summed E-state index contributed by atoms with van der Waals surface area (Å²) in [5.74, 6) is 1.48. The van der Waals surface area contributed by atoms with Crippen molar-refractivity contribution in [1.82, 2.24) is 9.97 Å². The van der Waals surface area contributed by atoms with Crippen LogP contribution in [0.3, 0.4) is 0 Å². The van der Waals surface area contributed by atoms with Gasteiger partial charge in [0.25, 0.3) is 0 Å². The molecule has 0 aliphatic carbocycles. The van der Waals surface area contributed by atoms with Crippen LogP contribution in [0.15, 0.2) is 34.9 Å². The normalized spacial score (nSPS) is 10.3. The standard InChI is InChI=1S/C14H17BrN4/c1-4-16-14-17-9-12(15)13(18-14)19(3)11-7-5-6-10(2)8-11/h5-9H,4H2,1-3H3,(H,16,17,18). The summed E-state index contributed by atoms with van der Waals surface area (Å²) in [4.78, 5) is 10.8. The van der Waals surface area contributed by atoms with Crippen LogP contribution in [0, 0.1) is 6.92 Å². The molecule has 0 unspecified atom stereocenters. The third-order valence-electron chi connectivity index (χ3n) is 2.77. The van der Waals surface area contributed by atoms with Gasteiger partial charge in [0.15, 0.2) is 5.82 Å². The topological polar surface area (TPSA) is 41.1 Å². The predicted molar refractivity (Wildman–Crippen MR) is 83.1 cm³/mol. The van der Waals surface area contributed by atoms with Crippen molar-refractivity contribution >= 4 is 33.4 Å². The van der Waals surface area contributed by atoms with E-state index in [1.807, 2.05) is 24.9 Å². The van der Waals surface area contributed by atoms with Gasteiger partial charge in [0.05, 0.1) is 4.47 Å². The molecule has 1 N–H and O–H groups in total. The summed E-state index contributed by atoms with van der Waals surface area (Å²) in [5, 5.41) is 3.12. The zero-order valence-corrected chi connectivity index (χ0v) is 12.9. The molecular weight excluding hydrogens is 304 g/mol. The maximum absolute atomic E-state index is 4.52. The van der Waals surface area contributed by atoms with Crippen molar-refractivity contribution in [2.75, 3.05) is 23.8 Å². The van der Waals surface area contributed by atoms with Crippen LogP contribution in [0.1, 0.15) is 12.5 Å². The fraction of sp³-hybridized carbons (Fsp3) is 0.286. The average molecular weight is 321 g/mol. The van der Waals surface area contributed by atoms with Gasteiger partial charge >= 0.3 is 0 Å². The molecule has 5 heteroatoms. The van der Waals surface area contributed by atoms with E-state index in [9.17, 15) is 0 Å². The average Bonchev–Trinajstić information content (AvgIpc) is 2.40. The molecule has 0 aliphatic rings. The van der Waals surface area contributed by atoms with E-state index < -0.39 is 0 Å². The minimum absolute atomic E-state index is 0.639. The predicted octanol–water partition coefficient (Wildman–Crippen LogP) is 3.75. The minimum atomic E-state index is 0.639. The number of anilines is 3. The van der Waals surface area contributed by atoms with Crippen LogP contribution in [0.5, 0.6) is 0 Å². The number of halogens is 1.